The summed E-state index contributed by atoms with van der Waals surface area (Å²) in [6.07, 6.45) is 1.22. The first-order valence-electron chi connectivity index (χ1n) is 10.1. The molecule has 0 radical (unpaired) electrons. The van der Waals surface area contributed by atoms with Crippen LogP contribution in [0.3, 0.4) is 0 Å². The molecule has 1 saturated carbocycles. The molecule has 1 heterocycles. The third kappa shape index (κ3) is 4.24. The lowest BCUT2D eigenvalue weighted by Gasteiger charge is -2.42. The summed E-state index contributed by atoms with van der Waals surface area (Å²) in [7, 11) is 0. The zero-order valence-electron chi connectivity index (χ0n) is 17.0. The topological polar surface area (TPSA) is 67.4 Å². The quantitative estimate of drug-likeness (QED) is 0.604. The van der Waals surface area contributed by atoms with E-state index in [4.69, 9.17) is 16.3 Å². The summed E-state index contributed by atoms with van der Waals surface area (Å²) in [5.41, 5.74) is -2.35. The van der Waals surface area contributed by atoms with Crippen LogP contribution in [0.25, 0.3) is 0 Å². The first-order valence-corrected chi connectivity index (χ1v) is 10.5. The third-order valence-corrected chi connectivity index (χ3v) is 6.61. The van der Waals surface area contributed by atoms with Crippen LogP contribution in [0.2, 0.25) is 5.02 Å². The molecule has 1 unspecified atom stereocenters. The van der Waals surface area contributed by atoms with Crippen molar-refractivity contribution in [1.82, 2.24) is 10.6 Å². The molecular weight excluding hydrogens is 421 g/mol. The largest absolute Gasteiger partial charge is 0.447 e. The number of hydrogen-bond donors (Lipinski definition) is 2. The predicted octanol–water partition coefficient (Wildman–Crippen LogP) is 4.77. The van der Waals surface area contributed by atoms with Crippen molar-refractivity contribution in [2.75, 3.05) is 13.2 Å². The lowest BCUT2D eigenvalue weighted by atomic mass is 9.68. The molecule has 1 aliphatic carbocycles. The first kappa shape index (κ1) is 22.7. The number of nitrogens with one attached hydrogen (secondary N) is 2. The predicted molar refractivity (Wildman–Crippen MR) is 106 cm³/mol. The molecule has 0 aromatic heterocycles. The molecule has 2 amide bonds. The van der Waals surface area contributed by atoms with Crippen LogP contribution in [0.1, 0.15) is 51.5 Å². The number of benzene rings is 1. The van der Waals surface area contributed by atoms with E-state index >= 15 is 8.78 Å². The van der Waals surface area contributed by atoms with E-state index in [9.17, 15) is 14.0 Å². The average molecular weight is 447 g/mol. The normalized spacial score (nSPS) is 25.3. The van der Waals surface area contributed by atoms with E-state index < -0.39 is 34.4 Å². The van der Waals surface area contributed by atoms with Crippen molar-refractivity contribution in [3.8, 4) is 0 Å². The van der Waals surface area contributed by atoms with Crippen molar-refractivity contribution in [3.05, 3.63) is 34.6 Å². The maximum absolute atomic E-state index is 15.4. The fraction of sp³-hybridized carbons (Fsp3) is 0.619. The summed E-state index contributed by atoms with van der Waals surface area (Å²) in [5, 5.41) is 5.15. The highest BCUT2D eigenvalue weighted by Gasteiger charge is 2.53. The van der Waals surface area contributed by atoms with Gasteiger partial charge < -0.3 is 15.4 Å². The Morgan fingerprint density at radius 3 is 2.63 bits per heavy atom. The van der Waals surface area contributed by atoms with Gasteiger partial charge in [-0.3, -0.25) is 4.79 Å². The van der Waals surface area contributed by atoms with E-state index in [1.54, 1.807) is 0 Å². The first-order chi connectivity index (χ1) is 14.0. The maximum atomic E-state index is 15.4. The van der Waals surface area contributed by atoms with Gasteiger partial charge in [0.2, 0.25) is 5.91 Å². The Balaban J connectivity index is 1.60. The summed E-state index contributed by atoms with van der Waals surface area (Å²) >= 11 is 5.91. The average Bonchev–Trinajstić information content (AvgIpc) is 3.02. The second-order valence-electron chi connectivity index (χ2n) is 8.64. The van der Waals surface area contributed by atoms with Crippen LogP contribution < -0.4 is 10.6 Å². The molecule has 30 heavy (non-hydrogen) atoms. The number of carbonyl (C=O) groups excluding carboxylic acids is 2. The summed E-state index contributed by atoms with van der Waals surface area (Å²) in [5.74, 6) is -4.48. The summed E-state index contributed by atoms with van der Waals surface area (Å²) in [6, 6.07) is 2.88. The van der Waals surface area contributed by atoms with Crippen LogP contribution in [0.15, 0.2) is 18.2 Å². The number of alkyl halides is 2. The van der Waals surface area contributed by atoms with Gasteiger partial charge >= 0.3 is 6.09 Å². The van der Waals surface area contributed by atoms with Crippen LogP contribution in [-0.4, -0.2) is 30.7 Å². The van der Waals surface area contributed by atoms with Gasteiger partial charge in [0.15, 0.2) is 0 Å². The maximum Gasteiger partial charge on any atom is 0.407 e. The zero-order chi connectivity index (χ0) is 22.2. The number of halogens is 4. The molecule has 1 aliphatic heterocycles. The standard InChI is InChI=1S/C21H26ClF3N2O3/c1-3-6-19(2,21(24,25)15-5-4-14(23)9-16(15)22)7-8-26-17(28)13-10-20(11-13)12-30-18(29)27-20/h4-5,9,13H,3,6-8,10-12H2,1-2H3,(H,26,28)(H,27,29). The summed E-state index contributed by atoms with van der Waals surface area (Å²) in [4.78, 5) is 23.6. The molecule has 2 N–H and O–H groups in total. The van der Waals surface area contributed by atoms with Crippen molar-refractivity contribution in [1.29, 1.82) is 0 Å². The van der Waals surface area contributed by atoms with Gasteiger partial charge in [0.25, 0.3) is 5.92 Å². The van der Waals surface area contributed by atoms with Crippen LogP contribution in [0.5, 0.6) is 0 Å². The lowest BCUT2D eigenvalue weighted by molar-refractivity contribution is -0.136. The van der Waals surface area contributed by atoms with Crippen molar-refractivity contribution in [2.45, 2.75) is 57.4 Å². The molecule has 2 aliphatic rings. The van der Waals surface area contributed by atoms with Gasteiger partial charge in [-0.15, -0.1) is 0 Å². The minimum absolute atomic E-state index is 0.0327. The number of rotatable bonds is 8. The number of ether oxygens (including phenoxy) is 1. The second-order valence-corrected chi connectivity index (χ2v) is 9.04. The van der Waals surface area contributed by atoms with Crippen molar-refractivity contribution < 1.29 is 27.5 Å². The lowest BCUT2D eigenvalue weighted by Crippen LogP contribution is -2.58. The minimum Gasteiger partial charge on any atom is -0.447 e. The van der Waals surface area contributed by atoms with Gasteiger partial charge in [0, 0.05) is 23.4 Å². The van der Waals surface area contributed by atoms with Crippen LogP contribution in [0.4, 0.5) is 18.0 Å². The van der Waals surface area contributed by atoms with Crippen LogP contribution in [0, 0.1) is 17.2 Å². The van der Waals surface area contributed by atoms with Crippen molar-refractivity contribution in [3.63, 3.8) is 0 Å². The second kappa shape index (κ2) is 8.29. The zero-order valence-corrected chi connectivity index (χ0v) is 17.8. The molecule has 3 rings (SSSR count). The molecule has 1 aromatic rings. The molecule has 1 atom stereocenters. The highest BCUT2D eigenvalue weighted by Crippen LogP contribution is 2.51. The fourth-order valence-corrected chi connectivity index (χ4v) is 4.73. The van der Waals surface area contributed by atoms with E-state index in [0.717, 1.165) is 18.2 Å². The number of cyclic esters (lactones) is 1. The Morgan fingerprint density at radius 2 is 2.07 bits per heavy atom. The number of amides is 2. The molecule has 5 nitrogen and oxygen atoms in total. The van der Waals surface area contributed by atoms with E-state index in [1.165, 1.54) is 6.92 Å². The fourth-order valence-electron chi connectivity index (χ4n) is 4.45. The van der Waals surface area contributed by atoms with E-state index in [1.807, 2.05) is 6.92 Å². The Bertz CT molecular complexity index is 830. The van der Waals surface area contributed by atoms with E-state index in [-0.39, 0.29) is 42.8 Å². The highest BCUT2D eigenvalue weighted by atomic mass is 35.5. The molecule has 1 spiro atoms. The highest BCUT2D eigenvalue weighted by molar-refractivity contribution is 6.31. The van der Waals surface area contributed by atoms with Gasteiger partial charge in [0.05, 0.1) is 10.6 Å². The number of hydrogen-bond acceptors (Lipinski definition) is 3. The van der Waals surface area contributed by atoms with E-state index in [2.05, 4.69) is 10.6 Å². The number of alkyl carbamates (subject to hydrolysis) is 1. The van der Waals surface area contributed by atoms with Gasteiger partial charge in [-0.2, -0.15) is 0 Å². The molecule has 9 heteroatoms. The molecular formula is C21H26ClF3N2O3. The van der Waals surface area contributed by atoms with Gasteiger partial charge in [0.1, 0.15) is 12.4 Å². The van der Waals surface area contributed by atoms with Gasteiger partial charge in [-0.1, -0.05) is 31.9 Å². The summed E-state index contributed by atoms with van der Waals surface area (Å²) < 4.78 is 49.0. The van der Waals surface area contributed by atoms with Crippen molar-refractivity contribution in [2.24, 2.45) is 11.3 Å². The molecule has 2 fully saturated rings. The number of carbonyl (C=O) groups is 2. The van der Waals surface area contributed by atoms with Gasteiger partial charge in [-0.25, -0.2) is 18.0 Å². The Labute approximate surface area is 178 Å². The third-order valence-electron chi connectivity index (χ3n) is 6.30. The Morgan fingerprint density at radius 1 is 1.37 bits per heavy atom. The molecule has 1 aromatic carbocycles. The molecule has 166 valence electrons. The van der Waals surface area contributed by atoms with Crippen LogP contribution >= 0.6 is 11.6 Å². The van der Waals surface area contributed by atoms with Gasteiger partial charge in [-0.05, 0) is 43.9 Å². The Kier molecular flexibility index (Phi) is 6.28. The van der Waals surface area contributed by atoms with Crippen molar-refractivity contribution >= 4 is 23.6 Å². The molecule has 0 bridgehead atoms. The van der Waals surface area contributed by atoms with Crippen LogP contribution in [-0.2, 0) is 15.5 Å². The Hall–Kier alpha value is -1.96. The monoisotopic (exact) mass is 446 g/mol. The molecule has 1 saturated heterocycles. The van der Waals surface area contributed by atoms with E-state index in [0.29, 0.717) is 19.3 Å². The minimum atomic E-state index is -3.30. The summed E-state index contributed by atoms with van der Waals surface area (Å²) in [6.45, 7) is 3.60. The SMILES string of the molecule is CCCC(C)(CCNC(=O)C1CC2(COC(=O)N2)C1)C(F)(F)c1ccc(F)cc1Cl. The smallest absolute Gasteiger partial charge is 0.407 e.